The van der Waals surface area contributed by atoms with Gasteiger partial charge >= 0.3 is 0 Å². The van der Waals surface area contributed by atoms with Crippen molar-refractivity contribution in [3.8, 4) is 0 Å². The molecule has 0 aromatic heterocycles. The van der Waals surface area contributed by atoms with E-state index in [1.54, 1.807) is 0 Å². The maximum Gasteiger partial charge on any atom is 0.0175 e. The first kappa shape index (κ1) is 9.13. The van der Waals surface area contributed by atoms with Crippen molar-refractivity contribution in [2.45, 2.75) is 6.92 Å². The average Bonchev–Trinajstić information content (AvgIpc) is 1.77. The highest BCUT2D eigenvalue weighted by Gasteiger charge is 1.81. The van der Waals surface area contributed by atoms with Crippen LogP contribution >= 0.6 is 25.8 Å². The molecule has 0 bridgehead atoms. The molecule has 0 N–H and O–H groups in total. The summed E-state index contributed by atoms with van der Waals surface area (Å²) in [5, 5.41) is 0. The number of halogens is 1. The number of hydrogen-bond donors (Lipinski definition) is 0. The summed E-state index contributed by atoms with van der Waals surface area (Å²) in [5.74, 6) is 0. The molecule has 0 saturated heterocycles. The highest BCUT2D eigenvalue weighted by molar-refractivity contribution is 9.10. The van der Waals surface area contributed by atoms with Gasteiger partial charge in [0.15, 0.2) is 0 Å². The third-order valence-corrected chi connectivity index (χ3v) is 1.54. The monoisotopic (exact) mass is 204 g/mol. The van der Waals surface area contributed by atoms with Gasteiger partial charge in [0, 0.05) is 4.47 Å². The Balaban J connectivity index is 0.000000640. The molecule has 1 aromatic carbocycles. The lowest BCUT2D eigenvalue weighted by Gasteiger charge is -1.88. The Morgan fingerprint density at radius 3 is 1.89 bits per heavy atom. The maximum absolute atomic E-state index is 3.35. The van der Waals surface area contributed by atoms with E-state index >= 15 is 0 Å². The Kier molecular flexibility index (Phi) is 4.09. The summed E-state index contributed by atoms with van der Waals surface area (Å²) in [4.78, 5) is 0. The van der Waals surface area contributed by atoms with Gasteiger partial charge < -0.3 is 0 Å². The standard InChI is InChI=1S/C7H7Br.H3P/c1-6-2-4-7(8)5-3-6;/h2-5H,1H3;1H3. The largest absolute Gasteiger partial charge is 0.153 e. The van der Waals surface area contributed by atoms with E-state index in [1.165, 1.54) is 5.56 Å². The topological polar surface area (TPSA) is 0 Å². The smallest absolute Gasteiger partial charge is 0.0175 e. The normalized spacial score (nSPS) is 8.22. The molecular formula is C7H10BrP. The van der Waals surface area contributed by atoms with E-state index in [4.69, 9.17) is 0 Å². The molecule has 1 unspecified atom stereocenters. The summed E-state index contributed by atoms with van der Waals surface area (Å²) < 4.78 is 1.14. The number of hydrogen-bond acceptors (Lipinski definition) is 0. The number of rotatable bonds is 0. The van der Waals surface area contributed by atoms with Crippen molar-refractivity contribution >= 4 is 25.8 Å². The first-order valence-corrected chi connectivity index (χ1v) is 3.30. The van der Waals surface area contributed by atoms with Gasteiger partial charge in [-0.25, -0.2) is 0 Å². The van der Waals surface area contributed by atoms with Crippen molar-refractivity contribution in [3.05, 3.63) is 34.3 Å². The Morgan fingerprint density at radius 1 is 1.11 bits per heavy atom. The van der Waals surface area contributed by atoms with Gasteiger partial charge in [-0.15, -0.1) is 0 Å². The van der Waals surface area contributed by atoms with E-state index < -0.39 is 0 Å². The van der Waals surface area contributed by atoms with Crippen LogP contribution in [0, 0.1) is 6.92 Å². The van der Waals surface area contributed by atoms with Gasteiger partial charge in [-0.05, 0) is 19.1 Å². The fourth-order valence-corrected chi connectivity index (χ4v) is 0.798. The summed E-state index contributed by atoms with van der Waals surface area (Å²) in [5.41, 5.74) is 1.30. The summed E-state index contributed by atoms with van der Waals surface area (Å²) in [6.45, 7) is 2.08. The molecule has 0 aliphatic carbocycles. The molecule has 2 heteroatoms. The van der Waals surface area contributed by atoms with Gasteiger partial charge in [0.2, 0.25) is 0 Å². The Labute approximate surface area is 67.4 Å². The Hall–Kier alpha value is 0.130. The summed E-state index contributed by atoms with van der Waals surface area (Å²) in [6, 6.07) is 8.22. The molecule has 0 nitrogen and oxygen atoms in total. The highest BCUT2D eigenvalue weighted by Crippen LogP contribution is 2.08. The first-order valence-electron chi connectivity index (χ1n) is 2.51. The molecule has 1 rings (SSSR count). The lowest BCUT2D eigenvalue weighted by Crippen LogP contribution is -1.66. The number of aryl methyl sites for hydroxylation is 1. The summed E-state index contributed by atoms with van der Waals surface area (Å²) in [7, 11) is 0. The second-order valence-corrected chi connectivity index (χ2v) is 2.71. The van der Waals surface area contributed by atoms with Crippen molar-refractivity contribution < 1.29 is 0 Å². The van der Waals surface area contributed by atoms with Crippen LogP contribution in [0.5, 0.6) is 0 Å². The minimum Gasteiger partial charge on any atom is -0.153 e. The molecule has 9 heavy (non-hydrogen) atoms. The highest BCUT2D eigenvalue weighted by atomic mass is 79.9. The SMILES string of the molecule is Cc1ccc(Br)cc1.P. The van der Waals surface area contributed by atoms with Crippen molar-refractivity contribution in [1.82, 2.24) is 0 Å². The molecular weight excluding hydrogens is 195 g/mol. The molecule has 0 radical (unpaired) electrons. The summed E-state index contributed by atoms with van der Waals surface area (Å²) in [6.07, 6.45) is 0. The molecule has 0 amide bonds. The van der Waals surface area contributed by atoms with Gasteiger partial charge in [0.1, 0.15) is 0 Å². The zero-order valence-corrected chi connectivity index (χ0v) is 8.39. The molecule has 1 atom stereocenters. The molecule has 0 aliphatic rings. The third kappa shape index (κ3) is 2.98. The second kappa shape index (κ2) is 4.03. The lowest BCUT2D eigenvalue weighted by atomic mass is 10.2. The van der Waals surface area contributed by atoms with E-state index in [0.29, 0.717) is 0 Å². The Morgan fingerprint density at radius 2 is 1.56 bits per heavy atom. The van der Waals surface area contributed by atoms with E-state index in [9.17, 15) is 0 Å². The van der Waals surface area contributed by atoms with Crippen LogP contribution in [0.25, 0.3) is 0 Å². The first-order chi connectivity index (χ1) is 3.79. The maximum atomic E-state index is 3.35. The fraction of sp³-hybridized carbons (Fsp3) is 0.143. The average molecular weight is 205 g/mol. The third-order valence-electron chi connectivity index (χ3n) is 1.01. The number of benzene rings is 1. The van der Waals surface area contributed by atoms with Gasteiger partial charge in [0.05, 0.1) is 0 Å². The minimum atomic E-state index is 0. The van der Waals surface area contributed by atoms with Crippen molar-refractivity contribution in [2.24, 2.45) is 0 Å². The van der Waals surface area contributed by atoms with Crippen LogP contribution in [-0.4, -0.2) is 0 Å². The van der Waals surface area contributed by atoms with Crippen LogP contribution in [0.1, 0.15) is 5.56 Å². The van der Waals surface area contributed by atoms with Crippen molar-refractivity contribution in [1.29, 1.82) is 0 Å². The lowest BCUT2D eigenvalue weighted by molar-refractivity contribution is 1.46. The zero-order valence-electron chi connectivity index (χ0n) is 5.39. The van der Waals surface area contributed by atoms with Crippen LogP contribution in [-0.2, 0) is 0 Å². The molecule has 50 valence electrons. The molecule has 0 saturated carbocycles. The molecule has 0 heterocycles. The van der Waals surface area contributed by atoms with E-state index in [0.717, 1.165) is 4.47 Å². The van der Waals surface area contributed by atoms with Crippen LogP contribution in [0.2, 0.25) is 0 Å². The van der Waals surface area contributed by atoms with Crippen molar-refractivity contribution in [2.75, 3.05) is 0 Å². The summed E-state index contributed by atoms with van der Waals surface area (Å²) >= 11 is 3.35. The predicted molar refractivity (Wildman–Crippen MR) is 50.0 cm³/mol. The zero-order chi connectivity index (χ0) is 5.98. The van der Waals surface area contributed by atoms with Gasteiger partial charge in [-0.1, -0.05) is 33.6 Å². The molecule has 0 aliphatic heterocycles. The van der Waals surface area contributed by atoms with E-state index in [1.807, 2.05) is 12.1 Å². The second-order valence-electron chi connectivity index (χ2n) is 1.80. The fourth-order valence-electron chi connectivity index (χ4n) is 0.533. The molecule has 0 spiro atoms. The van der Waals surface area contributed by atoms with Gasteiger partial charge in [-0.2, -0.15) is 9.90 Å². The van der Waals surface area contributed by atoms with E-state index in [2.05, 4.69) is 35.0 Å². The predicted octanol–water partition coefficient (Wildman–Crippen LogP) is 2.82. The van der Waals surface area contributed by atoms with Crippen LogP contribution in [0.15, 0.2) is 28.7 Å². The van der Waals surface area contributed by atoms with E-state index in [-0.39, 0.29) is 9.90 Å². The van der Waals surface area contributed by atoms with Gasteiger partial charge in [0.25, 0.3) is 0 Å². The van der Waals surface area contributed by atoms with Crippen LogP contribution in [0.3, 0.4) is 0 Å². The molecule has 0 fully saturated rings. The van der Waals surface area contributed by atoms with Crippen molar-refractivity contribution in [3.63, 3.8) is 0 Å². The van der Waals surface area contributed by atoms with Gasteiger partial charge in [-0.3, -0.25) is 0 Å². The van der Waals surface area contributed by atoms with Crippen LogP contribution in [0.4, 0.5) is 0 Å². The molecule has 1 aromatic rings. The minimum absolute atomic E-state index is 0. The quantitative estimate of drug-likeness (QED) is 0.571. The Bertz CT molecular complexity index is 148. The van der Waals surface area contributed by atoms with Crippen LogP contribution < -0.4 is 0 Å².